The molecule has 0 radical (unpaired) electrons. The second-order valence-corrected chi connectivity index (χ2v) is 12.4. The molecule has 0 spiro atoms. The number of esters is 1. The smallest absolute Gasteiger partial charge is 0.331 e. The Morgan fingerprint density at radius 1 is 0.915 bits per heavy atom. The van der Waals surface area contributed by atoms with Gasteiger partial charge in [-0.3, -0.25) is 9.59 Å². The lowest BCUT2D eigenvalue weighted by Gasteiger charge is -2.27. The van der Waals surface area contributed by atoms with E-state index in [1.54, 1.807) is 36.1 Å². The number of amides is 1. The fraction of sp³-hybridized carbons (Fsp3) is 0.382. The van der Waals surface area contributed by atoms with E-state index in [4.69, 9.17) is 4.74 Å². The number of fused-ring (bicyclic) bond motifs is 1. The number of hydrogen-bond donors (Lipinski definition) is 2. The molecule has 1 aliphatic heterocycles. The van der Waals surface area contributed by atoms with Crippen molar-refractivity contribution in [2.75, 3.05) is 33.3 Å². The summed E-state index contributed by atoms with van der Waals surface area (Å²) in [5.74, 6) is -0.269. The Balaban J connectivity index is 1.37. The molecule has 1 saturated heterocycles. The van der Waals surface area contributed by atoms with Crippen LogP contribution in [0, 0.1) is 5.92 Å². The number of carbonyl (C=O) groups is 3. The lowest BCUT2D eigenvalue weighted by atomic mass is 10.00. The first kappa shape index (κ1) is 31.8. The van der Waals surface area contributed by atoms with Gasteiger partial charge in [0, 0.05) is 66.4 Å². The summed E-state index contributed by atoms with van der Waals surface area (Å²) in [6, 6.07) is 12.1. The van der Waals surface area contributed by atoms with Crippen LogP contribution in [-0.2, 0) is 20.7 Å². The second-order valence-electron chi connectivity index (χ2n) is 12.4. The summed E-state index contributed by atoms with van der Waals surface area (Å²) in [6.45, 7) is 8.29. The Kier molecular flexibility index (Phi) is 9.25. The molecule has 2 atom stereocenters. The van der Waals surface area contributed by atoms with Gasteiger partial charge in [-0.05, 0) is 49.1 Å². The topological polar surface area (TPSA) is 153 Å². The number of H-pyrrole nitrogens is 1. The number of aromatic amines is 1. The molecule has 1 amide bonds. The quantitative estimate of drug-likeness (QED) is 0.206. The first-order valence-corrected chi connectivity index (χ1v) is 15.8. The van der Waals surface area contributed by atoms with Crippen LogP contribution in [0.2, 0.25) is 0 Å². The molecule has 0 aliphatic carbocycles. The first-order chi connectivity index (χ1) is 22.7. The van der Waals surface area contributed by atoms with Crippen LogP contribution in [0.3, 0.4) is 0 Å². The van der Waals surface area contributed by atoms with E-state index in [1.807, 2.05) is 41.4 Å². The number of piperazine rings is 1. The average molecular weight is 638 g/mol. The molecule has 13 heteroatoms. The second kappa shape index (κ2) is 13.7. The molecular formula is C34H39N9O4. The number of ketones is 1. The lowest BCUT2D eigenvalue weighted by Crippen LogP contribution is -2.46. The van der Waals surface area contributed by atoms with E-state index in [9.17, 15) is 14.4 Å². The molecule has 1 fully saturated rings. The van der Waals surface area contributed by atoms with Crippen molar-refractivity contribution in [3.63, 3.8) is 0 Å². The summed E-state index contributed by atoms with van der Waals surface area (Å²) in [5, 5.41) is 21.8. The molecule has 0 saturated carbocycles. The molecular weight excluding hydrogens is 598 g/mol. The normalized spacial score (nSPS) is 14.8. The highest BCUT2D eigenvalue weighted by Crippen LogP contribution is 2.30. The lowest BCUT2D eigenvalue weighted by molar-refractivity contribution is -0.145. The van der Waals surface area contributed by atoms with Crippen molar-refractivity contribution in [2.45, 2.75) is 45.7 Å². The van der Waals surface area contributed by atoms with Crippen molar-refractivity contribution in [1.82, 2.24) is 45.2 Å². The number of aromatic nitrogens is 7. The number of Topliss-reactive ketones (excluding diaryl/α,β-unsaturated/α-hetero) is 1. The van der Waals surface area contributed by atoms with E-state index in [2.05, 4.69) is 44.8 Å². The van der Waals surface area contributed by atoms with Crippen LogP contribution in [0.1, 0.15) is 55.2 Å². The van der Waals surface area contributed by atoms with Gasteiger partial charge in [-0.2, -0.15) is 0 Å². The summed E-state index contributed by atoms with van der Waals surface area (Å²) >= 11 is 0. The number of benzene rings is 2. The highest BCUT2D eigenvalue weighted by molar-refractivity contribution is 5.97. The highest BCUT2D eigenvalue weighted by Gasteiger charge is 2.27. The van der Waals surface area contributed by atoms with Crippen molar-refractivity contribution in [3.8, 4) is 22.5 Å². The average Bonchev–Trinajstić information content (AvgIpc) is 3.86. The third-order valence-corrected chi connectivity index (χ3v) is 8.56. The minimum atomic E-state index is -0.769. The number of carbonyl (C=O) groups excluding carboxylic acids is 3. The summed E-state index contributed by atoms with van der Waals surface area (Å²) in [5.41, 5.74) is 4.66. The Bertz CT molecular complexity index is 1900. The maximum Gasteiger partial charge on any atom is 0.331 e. The van der Waals surface area contributed by atoms with Crippen molar-refractivity contribution < 1.29 is 19.1 Å². The van der Waals surface area contributed by atoms with Gasteiger partial charge in [-0.15, -0.1) is 10.2 Å². The van der Waals surface area contributed by atoms with Crippen molar-refractivity contribution in [2.24, 2.45) is 5.92 Å². The van der Waals surface area contributed by atoms with Gasteiger partial charge >= 0.3 is 5.97 Å². The Labute approximate surface area is 272 Å². The monoisotopic (exact) mass is 637 g/mol. The van der Waals surface area contributed by atoms with E-state index < -0.39 is 18.1 Å². The molecule has 2 N–H and O–H groups in total. The molecule has 0 unspecified atom stereocenters. The Morgan fingerprint density at radius 3 is 2.17 bits per heavy atom. The standard InChI is InChI=1S/C34H39N9O4/c1-21(2)13-31(22(3)44)42-19-29(37-39-42)23-14-24(16-25(15-23)33(45)41-11-9-35-10-12-41)30-20-43(40-38-30)32(34(46)47-4)17-26-18-36-28-8-6-5-7-27(26)28/h5-8,14-16,18-21,31-32,35-36H,9-13,17H2,1-4H3/t31-,32-/m0/s1. The molecule has 47 heavy (non-hydrogen) atoms. The van der Waals surface area contributed by atoms with Gasteiger partial charge < -0.3 is 19.9 Å². The van der Waals surface area contributed by atoms with Crippen LogP contribution < -0.4 is 5.32 Å². The summed E-state index contributed by atoms with van der Waals surface area (Å²) in [6.07, 6.45) is 6.30. The predicted octanol–water partition coefficient (Wildman–Crippen LogP) is 3.86. The molecule has 13 nitrogen and oxygen atoms in total. The first-order valence-electron chi connectivity index (χ1n) is 15.8. The van der Waals surface area contributed by atoms with Gasteiger partial charge in [0.1, 0.15) is 17.4 Å². The van der Waals surface area contributed by atoms with Crippen LogP contribution in [0.25, 0.3) is 33.4 Å². The summed E-state index contributed by atoms with van der Waals surface area (Å²) in [4.78, 5) is 44.3. The van der Waals surface area contributed by atoms with E-state index in [0.29, 0.717) is 67.1 Å². The van der Waals surface area contributed by atoms with Crippen LogP contribution >= 0.6 is 0 Å². The van der Waals surface area contributed by atoms with E-state index >= 15 is 0 Å². The minimum absolute atomic E-state index is 0.00267. The maximum absolute atomic E-state index is 13.7. The number of methoxy groups -OCH3 is 1. The van der Waals surface area contributed by atoms with E-state index in [1.165, 1.54) is 11.8 Å². The number of ether oxygens (including phenoxy) is 1. The molecule has 2 aromatic carbocycles. The number of rotatable bonds is 11. The fourth-order valence-electron chi connectivity index (χ4n) is 6.06. The van der Waals surface area contributed by atoms with Gasteiger partial charge in [0.15, 0.2) is 11.8 Å². The molecule has 3 aromatic heterocycles. The number of nitrogens with one attached hydrogen (secondary N) is 2. The Hall–Kier alpha value is -5.17. The molecule has 5 aromatic rings. The van der Waals surface area contributed by atoms with Crippen molar-refractivity contribution >= 4 is 28.6 Å². The third-order valence-electron chi connectivity index (χ3n) is 8.56. The van der Waals surface area contributed by atoms with Crippen molar-refractivity contribution in [1.29, 1.82) is 0 Å². The largest absolute Gasteiger partial charge is 0.467 e. The minimum Gasteiger partial charge on any atom is -0.467 e. The van der Waals surface area contributed by atoms with Crippen LogP contribution in [0.5, 0.6) is 0 Å². The predicted molar refractivity (Wildman–Crippen MR) is 175 cm³/mol. The van der Waals surface area contributed by atoms with Crippen LogP contribution in [0.15, 0.2) is 61.1 Å². The molecule has 244 valence electrons. The molecule has 1 aliphatic rings. The van der Waals surface area contributed by atoms with Gasteiger partial charge in [0.2, 0.25) is 0 Å². The number of nitrogens with zero attached hydrogens (tertiary/aromatic N) is 7. The maximum atomic E-state index is 13.7. The van der Waals surface area contributed by atoms with Crippen LogP contribution in [-0.4, -0.2) is 90.8 Å². The van der Waals surface area contributed by atoms with Crippen molar-refractivity contribution in [3.05, 3.63) is 72.2 Å². The highest BCUT2D eigenvalue weighted by atomic mass is 16.5. The van der Waals surface area contributed by atoms with Crippen LogP contribution in [0.4, 0.5) is 0 Å². The zero-order valence-corrected chi connectivity index (χ0v) is 27.0. The van der Waals surface area contributed by atoms with Gasteiger partial charge in [0.25, 0.3) is 5.91 Å². The summed E-state index contributed by atoms with van der Waals surface area (Å²) in [7, 11) is 1.35. The fourth-order valence-corrected chi connectivity index (χ4v) is 6.06. The Morgan fingerprint density at radius 2 is 1.55 bits per heavy atom. The zero-order valence-electron chi connectivity index (χ0n) is 27.0. The summed E-state index contributed by atoms with van der Waals surface area (Å²) < 4.78 is 8.27. The molecule has 6 rings (SSSR count). The van der Waals surface area contributed by atoms with Gasteiger partial charge in [-0.25, -0.2) is 14.2 Å². The molecule has 4 heterocycles. The SMILES string of the molecule is COC(=O)[C@H](Cc1c[nH]c2ccccc12)n1cc(-c2cc(C(=O)N3CCNCC3)cc(-c3cn([C@@H](CC(C)C)C(C)=O)nn3)c2)nn1. The number of para-hydroxylation sites is 1. The van der Waals surface area contributed by atoms with Gasteiger partial charge in [0.05, 0.1) is 19.5 Å². The number of hydrogen-bond acceptors (Lipinski definition) is 9. The van der Waals surface area contributed by atoms with Gasteiger partial charge in [-0.1, -0.05) is 42.5 Å². The third kappa shape index (κ3) is 6.85. The molecule has 0 bridgehead atoms. The zero-order chi connectivity index (χ0) is 33.1. The van der Waals surface area contributed by atoms with E-state index in [0.717, 1.165) is 16.5 Å². The van der Waals surface area contributed by atoms with E-state index in [-0.39, 0.29) is 17.6 Å².